The zero-order valence-corrected chi connectivity index (χ0v) is 22.3. The minimum absolute atomic E-state index is 0.131. The average Bonchev–Trinajstić information content (AvgIpc) is 3.06. The standard InChI is InChI=1S/C31H36O2Si/c1-22-17-18-25(23(2)19-22)21-28-29(32)20-24(3)30(28)33-34(31(4,5)6,26-13-9-7-10-14-26)27-15-11-8-12-16-27/h7-19,21,24,30H,20H2,1-6H3. The molecular weight excluding hydrogens is 432 g/mol. The maximum atomic E-state index is 13.3. The molecule has 2 unspecified atom stereocenters. The van der Waals surface area contributed by atoms with E-state index < -0.39 is 8.32 Å². The van der Waals surface area contributed by atoms with Crippen LogP contribution < -0.4 is 10.4 Å². The first-order valence-corrected chi connectivity index (χ1v) is 14.2. The lowest BCUT2D eigenvalue weighted by Gasteiger charge is -2.45. The van der Waals surface area contributed by atoms with Crippen molar-refractivity contribution in [2.75, 3.05) is 0 Å². The molecule has 1 saturated carbocycles. The SMILES string of the molecule is Cc1ccc(C=C2C(=O)CC(C)C2O[Si](c2ccccc2)(c2ccccc2)C(C)(C)C)c(C)c1. The van der Waals surface area contributed by atoms with Gasteiger partial charge in [0.1, 0.15) is 0 Å². The summed E-state index contributed by atoms with van der Waals surface area (Å²) >= 11 is 0. The molecule has 3 aromatic rings. The molecule has 4 rings (SSSR count). The number of benzene rings is 3. The summed E-state index contributed by atoms with van der Waals surface area (Å²) in [6.45, 7) is 13.2. The van der Waals surface area contributed by atoms with Crippen LogP contribution in [0, 0.1) is 19.8 Å². The van der Waals surface area contributed by atoms with Gasteiger partial charge in [0.25, 0.3) is 8.32 Å². The van der Waals surface area contributed by atoms with Crippen LogP contribution in [0.15, 0.2) is 84.4 Å². The van der Waals surface area contributed by atoms with E-state index in [-0.39, 0.29) is 22.8 Å². The molecule has 0 amide bonds. The Hall–Kier alpha value is -2.75. The number of carbonyl (C=O) groups is 1. The van der Waals surface area contributed by atoms with Gasteiger partial charge in [-0.3, -0.25) is 4.79 Å². The van der Waals surface area contributed by atoms with Crippen LogP contribution in [0.25, 0.3) is 6.08 Å². The van der Waals surface area contributed by atoms with Crippen molar-refractivity contribution in [3.05, 3.63) is 101 Å². The summed E-state index contributed by atoms with van der Waals surface area (Å²) in [6.07, 6.45) is 2.38. The van der Waals surface area contributed by atoms with E-state index in [4.69, 9.17) is 4.43 Å². The number of carbonyl (C=O) groups excluding carboxylic acids is 1. The van der Waals surface area contributed by atoms with Gasteiger partial charge in [0, 0.05) is 12.0 Å². The van der Waals surface area contributed by atoms with Gasteiger partial charge < -0.3 is 4.43 Å². The second-order valence-corrected chi connectivity index (χ2v) is 15.0. The number of hydrogen-bond acceptors (Lipinski definition) is 2. The van der Waals surface area contributed by atoms with Gasteiger partial charge in [-0.25, -0.2) is 0 Å². The van der Waals surface area contributed by atoms with Crippen molar-refractivity contribution in [1.82, 2.24) is 0 Å². The predicted octanol–water partition coefficient (Wildman–Crippen LogP) is 6.24. The molecule has 3 aromatic carbocycles. The molecule has 0 spiro atoms. The number of ketones is 1. The van der Waals surface area contributed by atoms with Gasteiger partial charge in [0.2, 0.25) is 0 Å². The summed E-state index contributed by atoms with van der Waals surface area (Å²) in [5.74, 6) is 0.335. The molecule has 176 valence electrons. The maximum Gasteiger partial charge on any atom is 0.261 e. The van der Waals surface area contributed by atoms with E-state index in [1.807, 2.05) is 0 Å². The molecule has 0 radical (unpaired) electrons. The molecule has 1 aliphatic rings. The summed E-state index contributed by atoms with van der Waals surface area (Å²) in [6, 6.07) is 27.8. The highest BCUT2D eigenvalue weighted by molar-refractivity contribution is 6.99. The highest BCUT2D eigenvalue weighted by Crippen LogP contribution is 2.42. The zero-order valence-electron chi connectivity index (χ0n) is 21.3. The monoisotopic (exact) mass is 468 g/mol. The Balaban J connectivity index is 1.89. The van der Waals surface area contributed by atoms with E-state index in [1.54, 1.807) is 0 Å². The summed E-state index contributed by atoms with van der Waals surface area (Å²) in [5.41, 5.74) is 4.32. The first-order valence-electron chi connectivity index (χ1n) is 12.2. The zero-order chi connectivity index (χ0) is 24.5. The molecule has 0 aromatic heterocycles. The number of rotatable bonds is 5. The van der Waals surface area contributed by atoms with Gasteiger partial charge >= 0.3 is 0 Å². The minimum Gasteiger partial charge on any atom is -0.400 e. The molecule has 0 heterocycles. The first kappa shape index (κ1) is 24.4. The Morgan fingerprint density at radius 3 is 1.94 bits per heavy atom. The van der Waals surface area contributed by atoms with Crippen molar-refractivity contribution in [2.45, 2.75) is 59.1 Å². The fourth-order valence-corrected chi connectivity index (χ4v) is 10.1. The Morgan fingerprint density at radius 2 is 1.44 bits per heavy atom. The fourth-order valence-electron chi connectivity index (χ4n) is 5.36. The van der Waals surface area contributed by atoms with Crippen LogP contribution in [0.5, 0.6) is 0 Å². The lowest BCUT2D eigenvalue weighted by atomic mass is 10.0. The second-order valence-electron chi connectivity index (χ2n) is 10.8. The van der Waals surface area contributed by atoms with E-state index >= 15 is 0 Å². The number of hydrogen-bond donors (Lipinski definition) is 0. The Bertz CT molecular complexity index is 1150. The third-order valence-corrected chi connectivity index (χ3v) is 12.1. The van der Waals surface area contributed by atoms with Crippen LogP contribution in [-0.2, 0) is 9.22 Å². The van der Waals surface area contributed by atoms with Crippen molar-refractivity contribution in [1.29, 1.82) is 0 Å². The summed E-state index contributed by atoms with van der Waals surface area (Å²) in [4.78, 5) is 13.3. The quantitative estimate of drug-likeness (QED) is 0.327. The van der Waals surface area contributed by atoms with Gasteiger partial charge in [-0.2, -0.15) is 0 Å². The molecule has 3 heteroatoms. The molecule has 1 aliphatic carbocycles. The summed E-state index contributed by atoms with van der Waals surface area (Å²) < 4.78 is 7.42. The predicted molar refractivity (Wildman–Crippen MR) is 145 cm³/mol. The highest BCUT2D eigenvalue weighted by Gasteiger charge is 2.53. The molecule has 0 N–H and O–H groups in total. The fraction of sp³-hybridized carbons (Fsp3) is 0.323. The maximum absolute atomic E-state index is 13.3. The third kappa shape index (κ3) is 4.47. The van der Waals surface area contributed by atoms with Gasteiger partial charge in [-0.1, -0.05) is 112 Å². The van der Waals surface area contributed by atoms with Gasteiger partial charge in [-0.15, -0.1) is 0 Å². The number of Topliss-reactive ketones (excluding diaryl/α,β-unsaturated/α-hetero) is 1. The molecule has 1 fully saturated rings. The van der Waals surface area contributed by atoms with Crippen LogP contribution in [0.1, 0.15) is 50.8 Å². The first-order chi connectivity index (χ1) is 16.1. The van der Waals surface area contributed by atoms with E-state index in [9.17, 15) is 4.79 Å². The van der Waals surface area contributed by atoms with E-state index in [0.717, 1.165) is 11.1 Å². The van der Waals surface area contributed by atoms with Crippen molar-refractivity contribution < 1.29 is 9.22 Å². The second kappa shape index (κ2) is 9.48. The van der Waals surface area contributed by atoms with Crippen molar-refractivity contribution in [2.24, 2.45) is 5.92 Å². The highest BCUT2D eigenvalue weighted by atomic mass is 28.4. The van der Waals surface area contributed by atoms with Gasteiger partial charge in [0.15, 0.2) is 5.78 Å². The van der Waals surface area contributed by atoms with Crippen LogP contribution in [0.2, 0.25) is 5.04 Å². The number of aryl methyl sites for hydroxylation is 2. The molecule has 2 nitrogen and oxygen atoms in total. The smallest absolute Gasteiger partial charge is 0.261 e. The third-order valence-electron chi connectivity index (χ3n) is 7.11. The lowest BCUT2D eigenvalue weighted by Crippen LogP contribution is -2.68. The van der Waals surface area contributed by atoms with Crippen molar-refractivity contribution in [3.63, 3.8) is 0 Å². The Labute approximate surface area is 205 Å². The molecule has 2 atom stereocenters. The van der Waals surface area contributed by atoms with Crippen molar-refractivity contribution in [3.8, 4) is 0 Å². The van der Waals surface area contributed by atoms with Crippen LogP contribution in [0.4, 0.5) is 0 Å². The van der Waals surface area contributed by atoms with Gasteiger partial charge in [0.05, 0.1) is 6.10 Å². The largest absolute Gasteiger partial charge is 0.400 e. The Morgan fingerprint density at radius 1 is 0.882 bits per heavy atom. The van der Waals surface area contributed by atoms with Gasteiger partial charge in [-0.05, 0) is 52.4 Å². The van der Waals surface area contributed by atoms with Crippen LogP contribution >= 0.6 is 0 Å². The average molecular weight is 469 g/mol. The minimum atomic E-state index is -2.76. The molecule has 34 heavy (non-hydrogen) atoms. The molecular formula is C31H36O2Si. The molecule has 0 aliphatic heterocycles. The van der Waals surface area contributed by atoms with Crippen LogP contribution in [0.3, 0.4) is 0 Å². The molecule has 0 saturated heterocycles. The lowest BCUT2D eigenvalue weighted by molar-refractivity contribution is -0.114. The Kier molecular flexibility index (Phi) is 6.79. The summed E-state index contributed by atoms with van der Waals surface area (Å²) in [5, 5.41) is 2.35. The normalized spacial score (nSPS) is 20.2. The van der Waals surface area contributed by atoms with E-state index in [2.05, 4.69) is 126 Å². The summed E-state index contributed by atoms with van der Waals surface area (Å²) in [7, 11) is -2.76. The van der Waals surface area contributed by atoms with Crippen molar-refractivity contribution >= 4 is 30.6 Å². The topological polar surface area (TPSA) is 26.3 Å². The van der Waals surface area contributed by atoms with E-state index in [1.165, 1.54) is 21.5 Å². The van der Waals surface area contributed by atoms with Crippen LogP contribution in [-0.4, -0.2) is 20.2 Å². The molecule has 0 bridgehead atoms. The van der Waals surface area contributed by atoms with E-state index in [0.29, 0.717) is 6.42 Å².